The number of fused-ring (bicyclic) bond motifs is 1. The number of nitrogens with zero attached hydrogens (tertiary/aromatic N) is 2. The lowest BCUT2D eigenvalue weighted by Crippen LogP contribution is -2.55. The van der Waals surface area contributed by atoms with Gasteiger partial charge in [-0.25, -0.2) is 9.37 Å². The summed E-state index contributed by atoms with van der Waals surface area (Å²) in [5.74, 6) is 0.446. The number of benzene rings is 1. The Bertz CT molecular complexity index is 715. The number of morpholine rings is 1. The number of rotatable bonds is 4. The minimum absolute atomic E-state index is 0.0676. The van der Waals surface area contributed by atoms with Crippen LogP contribution in [-0.2, 0) is 23.0 Å². The second-order valence-corrected chi connectivity index (χ2v) is 5.77. The quantitative estimate of drug-likeness (QED) is 0.872. The smallest absolute Gasteiger partial charge is 0.239 e. The molecule has 7 heteroatoms. The molecular formula is C16H21FN4O2. The molecule has 0 spiro atoms. The minimum atomic E-state index is -0.321. The number of imidazole rings is 1. The Hall–Kier alpha value is -1.99. The van der Waals surface area contributed by atoms with Gasteiger partial charge in [-0.1, -0.05) is 0 Å². The van der Waals surface area contributed by atoms with Crippen molar-refractivity contribution < 1.29 is 13.9 Å². The number of carbonyl (C=O) groups is 1. The maximum atomic E-state index is 13.3. The van der Waals surface area contributed by atoms with E-state index in [4.69, 9.17) is 4.74 Å². The average Bonchev–Trinajstić information content (AvgIpc) is 2.83. The van der Waals surface area contributed by atoms with Crippen LogP contribution in [0.2, 0.25) is 0 Å². The van der Waals surface area contributed by atoms with E-state index in [1.807, 2.05) is 18.5 Å². The van der Waals surface area contributed by atoms with Crippen molar-refractivity contribution >= 4 is 16.9 Å². The average molecular weight is 320 g/mol. The summed E-state index contributed by atoms with van der Waals surface area (Å²) in [6.45, 7) is 3.67. The van der Waals surface area contributed by atoms with Gasteiger partial charge in [-0.05, 0) is 19.1 Å². The summed E-state index contributed by atoms with van der Waals surface area (Å²) < 4.78 is 20.6. The number of carbonyl (C=O) groups excluding carboxylic acids is 1. The van der Waals surface area contributed by atoms with Crippen LogP contribution in [0, 0.1) is 5.82 Å². The van der Waals surface area contributed by atoms with Crippen LogP contribution in [-0.4, -0.2) is 47.3 Å². The third-order valence-corrected chi connectivity index (χ3v) is 4.18. The maximum Gasteiger partial charge on any atom is 0.239 e. The van der Waals surface area contributed by atoms with E-state index in [1.54, 1.807) is 6.07 Å². The molecule has 1 aromatic heterocycles. The zero-order valence-corrected chi connectivity index (χ0v) is 13.3. The monoisotopic (exact) mass is 320 g/mol. The van der Waals surface area contributed by atoms with Crippen molar-refractivity contribution in [2.45, 2.75) is 25.5 Å². The summed E-state index contributed by atoms with van der Waals surface area (Å²) >= 11 is 0. The number of hydrogen-bond donors (Lipinski definition) is 2. The predicted octanol–water partition coefficient (Wildman–Crippen LogP) is 0.748. The van der Waals surface area contributed by atoms with Gasteiger partial charge < -0.3 is 19.9 Å². The van der Waals surface area contributed by atoms with Gasteiger partial charge in [0.2, 0.25) is 5.91 Å². The molecule has 23 heavy (non-hydrogen) atoms. The number of amides is 1. The lowest BCUT2D eigenvalue weighted by molar-refractivity contribution is -0.128. The van der Waals surface area contributed by atoms with Gasteiger partial charge in [0.15, 0.2) is 0 Å². The van der Waals surface area contributed by atoms with Crippen LogP contribution in [0.3, 0.4) is 0 Å². The lowest BCUT2D eigenvalue weighted by atomic mass is 10.1. The van der Waals surface area contributed by atoms with E-state index in [1.165, 1.54) is 12.1 Å². The number of hydrogen-bond acceptors (Lipinski definition) is 4. The molecule has 2 N–H and O–H groups in total. The van der Waals surface area contributed by atoms with Gasteiger partial charge in [-0.3, -0.25) is 4.79 Å². The fourth-order valence-electron chi connectivity index (χ4n) is 2.88. The molecule has 2 atom stereocenters. The van der Waals surface area contributed by atoms with Gasteiger partial charge in [0.25, 0.3) is 0 Å². The van der Waals surface area contributed by atoms with Crippen LogP contribution < -0.4 is 10.6 Å². The summed E-state index contributed by atoms with van der Waals surface area (Å²) in [6.07, 6.45) is 0.447. The standard InChI is InChI=1S/C16H21FN4O2/c1-10-15(18-7-8-23-10)16(22)19-6-5-14-20-12-9-11(17)3-4-13(12)21(14)2/h3-4,9-10,15,18H,5-8H2,1-2H3,(H,19,22)/t10-,15+/m1/s1. The highest BCUT2D eigenvalue weighted by Crippen LogP contribution is 2.16. The molecule has 124 valence electrons. The molecule has 0 bridgehead atoms. The zero-order valence-electron chi connectivity index (χ0n) is 13.3. The Labute approximate surface area is 134 Å². The van der Waals surface area contributed by atoms with E-state index in [0.717, 1.165) is 11.3 Å². The molecule has 1 aliphatic heterocycles. The van der Waals surface area contributed by atoms with E-state index >= 15 is 0 Å². The van der Waals surface area contributed by atoms with Gasteiger partial charge >= 0.3 is 0 Å². The number of aromatic nitrogens is 2. The van der Waals surface area contributed by atoms with Gasteiger partial charge in [0, 0.05) is 32.6 Å². The van der Waals surface area contributed by atoms with Gasteiger partial charge in [-0.2, -0.15) is 0 Å². The topological polar surface area (TPSA) is 68.2 Å². The Morgan fingerprint density at radius 2 is 2.39 bits per heavy atom. The molecule has 2 heterocycles. The number of aryl methyl sites for hydroxylation is 1. The molecule has 1 amide bonds. The number of ether oxygens (including phenoxy) is 1. The Balaban J connectivity index is 1.60. The molecule has 1 aromatic carbocycles. The van der Waals surface area contributed by atoms with Crippen molar-refractivity contribution in [3.63, 3.8) is 0 Å². The molecular weight excluding hydrogens is 299 g/mol. The van der Waals surface area contributed by atoms with Crippen molar-refractivity contribution in [2.24, 2.45) is 7.05 Å². The molecule has 1 saturated heterocycles. The van der Waals surface area contributed by atoms with E-state index in [9.17, 15) is 9.18 Å². The summed E-state index contributed by atoms with van der Waals surface area (Å²) in [5.41, 5.74) is 1.51. The third-order valence-electron chi connectivity index (χ3n) is 4.18. The van der Waals surface area contributed by atoms with E-state index in [-0.39, 0.29) is 23.9 Å². The molecule has 6 nitrogen and oxygen atoms in total. The van der Waals surface area contributed by atoms with Crippen LogP contribution >= 0.6 is 0 Å². The molecule has 0 aliphatic carbocycles. The first-order valence-electron chi connectivity index (χ1n) is 7.80. The molecule has 3 rings (SSSR count). The summed E-state index contributed by atoms with van der Waals surface area (Å²) in [4.78, 5) is 16.6. The first kappa shape index (κ1) is 15.9. The SMILES string of the molecule is C[C@H]1OCCN[C@@H]1C(=O)NCCc1nc2cc(F)ccc2n1C. The largest absolute Gasteiger partial charge is 0.375 e. The van der Waals surface area contributed by atoms with Crippen LogP contribution in [0.1, 0.15) is 12.7 Å². The summed E-state index contributed by atoms with van der Waals surface area (Å²) in [6, 6.07) is 4.23. The Morgan fingerprint density at radius 3 is 3.17 bits per heavy atom. The maximum absolute atomic E-state index is 13.3. The summed E-state index contributed by atoms with van der Waals surface area (Å²) in [7, 11) is 1.89. The first-order valence-corrected chi connectivity index (χ1v) is 7.80. The van der Waals surface area contributed by atoms with Crippen molar-refractivity contribution in [1.82, 2.24) is 20.2 Å². The van der Waals surface area contributed by atoms with Gasteiger partial charge in [-0.15, -0.1) is 0 Å². The zero-order chi connectivity index (χ0) is 16.4. The van der Waals surface area contributed by atoms with Gasteiger partial charge in [0.1, 0.15) is 17.7 Å². The first-order chi connectivity index (χ1) is 11.1. The van der Waals surface area contributed by atoms with Crippen molar-refractivity contribution in [1.29, 1.82) is 0 Å². The van der Waals surface area contributed by atoms with Crippen LogP contribution in [0.5, 0.6) is 0 Å². The molecule has 1 fully saturated rings. The fourth-order valence-corrected chi connectivity index (χ4v) is 2.88. The number of halogens is 1. The Morgan fingerprint density at radius 1 is 1.57 bits per heavy atom. The van der Waals surface area contributed by atoms with E-state index in [0.29, 0.717) is 31.6 Å². The molecule has 1 aliphatic rings. The highest BCUT2D eigenvalue weighted by Gasteiger charge is 2.27. The van der Waals surface area contributed by atoms with Crippen molar-refractivity contribution in [3.8, 4) is 0 Å². The lowest BCUT2D eigenvalue weighted by Gasteiger charge is -2.29. The normalized spacial score (nSPS) is 21.5. The molecule has 2 aromatic rings. The third kappa shape index (κ3) is 3.35. The highest BCUT2D eigenvalue weighted by molar-refractivity contribution is 5.82. The predicted molar refractivity (Wildman–Crippen MR) is 84.6 cm³/mol. The molecule has 0 unspecified atom stereocenters. The van der Waals surface area contributed by atoms with Crippen molar-refractivity contribution in [3.05, 3.63) is 29.8 Å². The minimum Gasteiger partial charge on any atom is -0.375 e. The highest BCUT2D eigenvalue weighted by atomic mass is 19.1. The van der Waals surface area contributed by atoms with Gasteiger partial charge in [0.05, 0.1) is 23.7 Å². The number of nitrogens with one attached hydrogen (secondary N) is 2. The fraction of sp³-hybridized carbons (Fsp3) is 0.500. The Kier molecular flexibility index (Phi) is 4.58. The molecule has 0 radical (unpaired) electrons. The second-order valence-electron chi connectivity index (χ2n) is 5.77. The molecule has 0 saturated carbocycles. The summed E-state index contributed by atoms with van der Waals surface area (Å²) in [5, 5.41) is 6.06. The van der Waals surface area contributed by atoms with Crippen molar-refractivity contribution in [2.75, 3.05) is 19.7 Å². The van der Waals surface area contributed by atoms with Crippen LogP contribution in [0.15, 0.2) is 18.2 Å². The second kappa shape index (κ2) is 6.64. The van der Waals surface area contributed by atoms with Crippen LogP contribution in [0.25, 0.3) is 11.0 Å². The van der Waals surface area contributed by atoms with E-state index < -0.39 is 0 Å². The van der Waals surface area contributed by atoms with E-state index in [2.05, 4.69) is 15.6 Å². The van der Waals surface area contributed by atoms with Crippen LogP contribution in [0.4, 0.5) is 4.39 Å².